The number of pyridine rings is 1. The maximum absolute atomic E-state index is 12.2. The number of aryl methyl sites for hydroxylation is 1. The third kappa shape index (κ3) is 9.18. The maximum atomic E-state index is 12.2. The first-order chi connectivity index (χ1) is 31.5. The van der Waals surface area contributed by atoms with Gasteiger partial charge in [-0.2, -0.15) is 22.1 Å². The minimum Gasteiger partial charge on any atom is -0.493 e. The van der Waals surface area contributed by atoms with E-state index in [1.54, 1.807) is 56.3 Å². The zero-order valence-corrected chi connectivity index (χ0v) is 36.7. The second-order valence-corrected chi connectivity index (χ2v) is 18.2. The molecule has 24 heteroatoms. The van der Waals surface area contributed by atoms with E-state index in [0.717, 1.165) is 34.2 Å². The van der Waals surface area contributed by atoms with Gasteiger partial charge in [0.15, 0.2) is 16.3 Å². The van der Waals surface area contributed by atoms with E-state index in [4.69, 9.17) is 9.72 Å². The van der Waals surface area contributed by atoms with Crippen LogP contribution in [0.15, 0.2) is 133 Å². The average Bonchev–Trinajstić information content (AvgIpc) is 3.88. The molecule has 21 nitrogen and oxygen atoms in total. The molecule has 8 rings (SSSR count). The molecule has 8 aromatic rings. The van der Waals surface area contributed by atoms with E-state index < -0.39 is 41.5 Å². The van der Waals surface area contributed by atoms with Gasteiger partial charge < -0.3 is 9.84 Å². The molecule has 0 aliphatic heterocycles. The van der Waals surface area contributed by atoms with E-state index in [1.807, 2.05) is 30.3 Å². The number of nitrogens with zero attached hydrogens (tertiary/aromatic N) is 11. The summed E-state index contributed by atoms with van der Waals surface area (Å²) >= 11 is 0.918. The van der Waals surface area contributed by atoms with E-state index in [0.29, 0.717) is 33.8 Å². The molecule has 0 saturated carbocycles. The third-order valence-corrected chi connectivity index (χ3v) is 12.5. The Labute approximate surface area is 377 Å². The van der Waals surface area contributed by atoms with Gasteiger partial charge in [0.05, 0.1) is 34.0 Å². The number of nitro benzene ring substituents is 1. The smallest absolute Gasteiger partial charge is 0.297 e. The molecule has 3 N–H and O–H groups in total. The van der Waals surface area contributed by atoms with Crippen molar-refractivity contribution >= 4 is 97.6 Å². The van der Waals surface area contributed by atoms with Crippen LogP contribution >= 0.6 is 11.3 Å². The van der Waals surface area contributed by atoms with Crippen LogP contribution in [0.2, 0.25) is 0 Å². The van der Waals surface area contributed by atoms with Crippen LogP contribution in [-0.4, -0.2) is 62.7 Å². The molecular weight excluding hydrogens is 915 g/mol. The lowest BCUT2D eigenvalue weighted by Crippen LogP contribution is -2.08. The zero-order valence-electron chi connectivity index (χ0n) is 34.2. The topological polar surface area (TPSA) is 309 Å². The summed E-state index contributed by atoms with van der Waals surface area (Å²) in [6.45, 7) is 3.09. The summed E-state index contributed by atoms with van der Waals surface area (Å²) in [7, 11) is -9.27. The molecule has 0 amide bonds. The van der Waals surface area contributed by atoms with Gasteiger partial charge in [-0.25, -0.2) is 9.97 Å². The zero-order chi connectivity index (χ0) is 46.9. The number of nitro groups is 1. The van der Waals surface area contributed by atoms with Crippen molar-refractivity contribution in [2.24, 2.45) is 30.7 Å². The van der Waals surface area contributed by atoms with Crippen molar-refractivity contribution in [3.8, 4) is 29.0 Å². The first-order valence-corrected chi connectivity index (χ1v) is 23.1. The minimum atomic E-state index is -4.97. The number of imidazole rings is 1. The Morgan fingerprint density at radius 2 is 1.58 bits per heavy atom. The normalized spacial score (nSPS) is 12.3. The van der Waals surface area contributed by atoms with Gasteiger partial charge >= 0.3 is 0 Å². The van der Waals surface area contributed by atoms with Crippen molar-refractivity contribution in [3.63, 3.8) is 0 Å². The monoisotopic (exact) mass is 945 g/mol. The molecule has 0 fully saturated rings. The Bertz CT molecular complexity index is 3650. The molecule has 3 heterocycles. The number of nitriles is 1. The Kier molecular flexibility index (Phi) is 12.1. The van der Waals surface area contributed by atoms with E-state index in [2.05, 4.69) is 41.7 Å². The molecule has 0 atom stereocenters. The summed E-state index contributed by atoms with van der Waals surface area (Å²) in [5.74, 6) is -0.855. The molecule has 332 valence electrons. The molecule has 5 aromatic carbocycles. The van der Waals surface area contributed by atoms with Crippen molar-refractivity contribution < 1.29 is 40.7 Å². The third-order valence-electron chi connectivity index (χ3n) is 9.96. The number of aromatic hydroxyl groups is 1. The van der Waals surface area contributed by atoms with Gasteiger partial charge in [0.1, 0.15) is 39.3 Å². The molecule has 0 bridgehead atoms. The number of hydrogen-bond donors (Lipinski definition) is 3. The molecule has 0 radical (unpaired) electrons. The summed E-state index contributed by atoms with van der Waals surface area (Å²) in [6.07, 6.45) is -0.102. The largest absolute Gasteiger partial charge is 0.493 e. The number of benzene rings is 5. The number of azo groups is 3. The SMILES string of the molecule is Cc1cc(N=Nc2c(C)c(C#N)c3nc4ccccc4n3c2O)c(OCCCS(=O)(=O)O)cc1N=Nc1nc(-c2cccc3ccccc23)c(N=Nc2ccc([N+](=O)[O-])cc2S(=O)(=O)O)s1. The molecular formula is C42H31N11O10S3. The van der Waals surface area contributed by atoms with E-state index in [9.17, 15) is 46.4 Å². The molecule has 66 heavy (non-hydrogen) atoms. The first kappa shape index (κ1) is 44.6. The number of thiazole rings is 1. The summed E-state index contributed by atoms with van der Waals surface area (Å²) in [4.78, 5) is 18.9. The van der Waals surface area contributed by atoms with Crippen LogP contribution in [0.4, 0.5) is 38.6 Å². The average molecular weight is 946 g/mol. The number of fused-ring (bicyclic) bond motifs is 4. The summed E-state index contributed by atoms with van der Waals surface area (Å²) in [5, 5.41) is 60.6. The number of para-hydroxylation sites is 2. The quantitative estimate of drug-likeness (QED) is 0.0300. The van der Waals surface area contributed by atoms with Crippen molar-refractivity contribution in [1.29, 1.82) is 5.26 Å². The highest BCUT2D eigenvalue weighted by atomic mass is 32.2. The summed E-state index contributed by atoms with van der Waals surface area (Å²) in [5.41, 5.74) is 2.50. The van der Waals surface area contributed by atoms with Crippen molar-refractivity contribution in [1.82, 2.24) is 14.4 Å². The fraction of sp³-hybridized carbons (Fsp3) is 0.119. The Morgan fingerprint density at radius 1 is 0.848 bits per heavy atom. The van der Waals surface area contributed by atoms with Gasteiger partial charge in [0.25, 0.3) is 25.9 Å². The highest BCUT2D eigenvalue weighted by Crippen LogP contribution is 2.45. The number of rotatable bonds is 14. The predicted octanol–water partition coefficient (Wildman–Crippen LogP) is 11.0. The molecule has 0 spiro atoms. The van der Waals surface area contributed by atoms with Crippen LogP contribution in [0.1, 0.15) is 23.1 Å². The van der Waals surface area contributed by atoms with E-state index >= 15 is 0 Å². The van der Waals surface area contributed by atoms with Crippen LogP contribution < -0.4 is 4.74 Å². The van der Waals surface area contributed by atoms with Crippen molar-refractivity contribution in [3.05, 3.63) is 124 Å². The maximum Gasteiger partial charge on any atom is 0.297 e. The lowest BCUT2D eigenvalue weighted by Gasteiger charge is -2.11. The van der Waals surface area contributed by atoms with Crippen molar-refractivity contribution in [2.45, 2.75) is 25.2 Å². The number of ether oxygens (including phenoxy) is 1. The highest BCUT2D eigenvalue weighted by Gasteiger charge is 2.23. The Balaban J connectivity index is 1.20. The number of non-ortho nitro benzene ring substituents is 1. The Hall–Kier alpha value is -7.95. The van der Waals surface area contributed by atoms with E-state index in [-0.39, 0.29) is 74.4 Å². The van der Waals surface area contributed by atoms with Crippen LogP contribution in [0.5, 0.6) is 11.6 Å². The molecule has 0 aliphatic carbocycles. The van der Waals surface area contributed by atoms with Gasteiger partial charge in [0.2, 0.25) is 11.0 Å². The molecule has 3 aromatic heterocycles. The fourth-order valence-electron chi connectivity index (χ4n) is 6.83. The Morgan fingerprint density at radius 3 is 2.33 bits per heavy atom. The second-order valence-electron chi connectivity index (χ2n) is 14.3. The predicted molar refractivity (Wildman–Crippen MR) is 242 cm³/mol. The van der Waals surface area contributed by atoms with Gasteiger partial charge in [-0.15, -0.1) is 30.7 Å². The van der Waals surface area contributed by atoms with Crippen LogP contribution in [0.3, 0.4) is 0 Å². The highest BCUT2D eigenvalue weighted by molar-refractivity contribution is 7.86. The van der Waals surface area contributed by atoms with Gasteiger partial charge in [-0.3, -0.25) is 23.6 Å². The lowest BCUT2D eigenvalue weighted by atomic mass is 10.0. The molecule has 0 saturated heterocycles. The second kappa shape index (κ2) is 17.9. The van der Waals surface area contributed by atoms with Gasteiger partial charge in [-0.1, -0.05) is 65.9 Å². The molecule has 0 unspecified atom stereocenters. The van der Waals surface area contributed by atoms with Gasteiger partial charge in [0, 0.05) is 29.3 Å². The number of aromatic nitrogens is 3. The van der Waals surface area contributed by atoms with Gasteiger partial charge in [-0.05, 0) is 60.9 Å². The first-order valence-electron chi connectivity index (χ1n) is 19.3. The molecule has 0 aliphatic rings. The number of hydrogen-bond acceptors (Lipinski definition) is 18. The standard InChI is InChI=1S/C42H31N11O10S3/c1-23-19-33(48-49-37-24(2)29(22-43)39-44-30-13-5-6-14-34(30)52(39)41(37)54)35(63-17-8-18-65(57,58)59)21-32(23)47-51-42-45-38(28-12-7-10-25-9-3-4-11-27(25)28)40(64-42)50-46-31-16-15-26(53(55)56)20-36(31)66(60,61)62/h3-7,9-16,19-21,54H,8,17-18H2,1-2H3,(H,57,58,59)(H,60,61,62). The van der Waals surface area contributed by atoms with Crippen LogP contribution in [0.25, 0.3) is 38.7 Å². The minimum absolute atomic E-state index is 0.0255. The van der Waals surface area contributed by atoms with Crippen LogP contribution in [0, 0.1) is 35.3 Å². The summed E-state index contributed by atoms with van der Waals surface area (Å²) in [6, 6.07) is 27.8. The van der Waals surface area contributed by atoms with Crippen LogP contribution in [-0.2, 0) is 20.2 Å². The van der Waals surface area contributed by atoms with Crippen molar-refractivity contribution in [2.75, 3.05) is 12.4 Å². The fourth-order valence-corrected chi connectivity index (χ4v) is 8.68. The van der Waals surface area contributed by atoms with E-state index in [1.165, 1.54) is 10.5 Å². The summed E-state index contributed by atoms with van der Waals surface area (Å²) < 4.78 is 73.9. The lowest BCUT2D eigenvalue weighted by molar-refractivity contribution is -0.385.